The third-order valence-corrected chi connectivity index (χ3v) is 2.49. The van der Waals surface area contributed by atoms with Crippen LogP contribution in [0.3, 0.4) is 0 Å². The van der Waals surface area contributed by atoms with Crippen molar-refractivity contribution in [1.82, 2.24) is 4.98 Å². The molecule has 0 bridgehead atoms. The summed E-state index contributed by atoms with van der Waals surface area (Å²) in [7, 11) is 0. The first-order valence-corrected chi connectivity index (χ1v) is 4.76. The number of carbonyl (C=O) groups excluding carboxylic acids is 1. The number of ketones is 1. The van der Waals surface area contributed by atoms with E-state index in [0.29, 0.717) is 6.42 Å². The summed E-state index contributed by atoms with van der Waals surface area (Å²) in [5, 5.41) is 0. The van der Waals surface area contributed by atoms with Crippen LogP contribution in [0.2, 0.25) is 0 Å². The van der Waals surface area contributed by atoms with Gasteiger partial charge in [-0.15, -0.1) is 0 Å². The Morgan fingerprint density at radius 1 is 1.53 bits per heavy atom. The van der Waals surface area contributed by atoms with Gasteiger partial charge in [0.15, 0.2) is 11.6 Å². The van der Waals surface area contributed by atoms with Crippen molar-refractivity contribution in [2.24, 2.45) is 11.7 Å². The lowest BCUT2D eigenvalue weighted by Gasteiger charge is -2.08. The third kappa shape index (κ3) is 1.94. The van der Waals surface area contributed by atoms with Crippen LogP contribution in [-0.4, -0.2) is 16.8 Å². The second-order valence-electron chi connectivity index (χ2n) is 3.61. The highest BCUT2D eigenvalue weighted by Crippen LogP contribution is 2.22. The number of carbonyl (C=O) groups is 1. The van der Waals surface area contributed by atoms with E-state index in [1.807, 2.05) is 0 Å². The molecule has 2 N–H and O–H groups in total. The molecule has 2 rings (SSSR count). The van der Waals surface area contributed by atoms with Crippen molar-refractivity contribution >= 4 is 5.78 Å². The number of pyridine rings is 1. The summed E-state index contributed by atoms with van der Waals surface area (Å²) in [6, 6.07) is 1.30. The minimum Gasteiger partial charge on any atom is -0.324 e. The highest BCUT2D eigenvalue weighted by Gasteiger charge is 2.25. The van der Waals surface area contributed by atoms with Crippen LogP contribution >= 0.6 is 0 Å². The molecule has 0 aliphatic heterocycles. The first-order chi connectivity index (χ1) is 7.18. The van der Waals surface area contributed by atoms with Gasteiger partial charge in [-0.1, -0.05) is 12.2 Å². The zero-order valence-electron chi connectivity index (χ0n) is 8.06. The molecule has 1 aliphatic carbocycles. The molecule has 4 heteroatoms. The van der Waals surface area contributed by atoms with E-state index in [1.165, 1.54) is 12.3 Å². The predicted octanol–water partition coefficient (Wildman–Crippen LogP) is 1.31. The zero-order chi connectivity index (χ0) is 10.8. The van der Waals surface area contributed by atoms with E-state index in [-0.39, 0.29) is 23.3 Å². The molecule has 2 unspecified atom stereocenters. The lowest BCUT2D eigenvalue weighted by molar-refractivity contribution is 0.0938. The Bertz CT molecular complexity index is 417. The van der Waals surface area contributed by atoms with Crippen LogP contribution in [0.25, 0.3) is 0 Å². The first-order valence-electron chi connectivity index (χ1n) is 4.76. The van der Waals surface area contributed by atoms with E-state index in [9.17, 15) is 9.18 Å². The van der Waals surface area contributed by atoms with Crippen LogP contribution in [0.4, 0.5) is 4.39 Å². The fourth-order valence-electron chi connectivity index (χ4n) is 1.70. The number of aromatic nitrogens is 1. The van der Waals surface area contributed by atoms with Crippen molar-refractivity contribution in [3.8, 4) is 0 Å². The van der Waals surface area contributed by atoms with E-state index >= 15 is 0 Å². The molecule has 2 atom stereocenters. The zero-order valence-corrected chi connectivity index (χ0v) is 8.06. The second kappa shape index (κ2) is 3.90. The van der Waals surface area contributed by atoms with Crippen molar-refractivity contribution in [2.45, 2.75) is 12.5 Å². The van der Waals surface area contributed by atoms with Gasteiger partial charge in [-0.05, 0) is 12.5 Å². The summed E-state index contributed by atoms with van der Waals surface area (Å²) in [4.78, 5) is 15.4. The smallest absolute Gasteiger partial charge is 0.172 e. The van der Waals surface area contributed by atoms with Crippen molar-refractivity contribution in [3.63, 3.8) is 0 Å². The van der Waals surface area contributed by atoms with Crippen LogP contribution in [0.5, 0.6) is 0 Å². The Morgan fingerprint density at radius 3 is 2.93 bits per heavy atom. The van der Waals surface area contributed by atoms with E-state index in [1.54, 1.807) is 12.2 Å². The van der Waals surface area contributed by atoms with Crippen molar-refractivity contribution < 1.29 is 9.18 Å². The maximum atomic E-state index is 13.3. The van der Waals surface area contributed by atoms with Gasteiger partial charge in [0.05, 0.1) is 11.8 Å². The lowest BCUT2D eigenvalue weighted by atomic mass is 9.97. The average Bonchev–Trinajstić information content (AvgIpc) is 2.65. The molecule has 78 valence electrons. The topological polar surface area (TPSA) is 56.0 Å². The van der Waals surface area contributed by atoms with Gasteiger partial charge < -0.3 is 5.73 Å². The molecular weight excluding hydrogens is 195 g/mol. The van der Waals surface area contributed by atoms with Crippen LogP contribution in [-0.2, 0) is 0 Å². The number of hydrogen-bond acceptors (Lipinski definition) is 3. The SMILES string of the molecule is NC1C=CC(C(=O)c2ccncc2F)C1. The number of rotatable bonds is 2. The number of nitrogens with zero attached hydrogens (tertiary/aromatic N) is 1. The second-order valence-corrected chi connectivity index (χ2v) is 3.61. The molecule has 0 fully saturated rings. The molecule has 0 spiro atoms. The molecule has 3 nitrogen and oxygen atoms in total. The predicted molar refractivity (Wildman–Crippen MR) is 53.7 cm³/mol. The summed E-state index contributed by atoms with van der Waals surface area (Å²) >= 11 is 0. The van der Waals surface area contributed by atoms with E-state index in [2.05, 4.69) is 4.98 Å². The molecule has 0 radical (unpaired) electrons. The van der Waals surface area contributed by atoms with Crippen LogP contribution < -0.4 is 5.73 Å². The Kier molecular flexibility index (Phi) is 2.60. The summed E-state index contributed by atoms with van der Waals surface area (Å²) < 4.78 is 13.3. The monoisotopic (exact) mass is 206 g/mol. The number of nitrogens with two attached hydrogens (primary N) is 1. The largest absolute Gasteiger partial charge is 0.324 e. The Morgan fingerprint density at radius 2 is 2.33 bits per heavy atom. The maximum Gasteiger partial charge on any atom is 0.172 e. The highest BCUT2D eigenvalue weighted by atomic mass is 19.1. The maximum absolute atomic E-state index is 13.3. The number of Topliss-reactive ketones (excluding diaryl/α,β-unsaturated/α-hetero) is 1. The molecule has 15 heavy (non-hydrogen) atoms. The fourth-order valence-corrected chi connectivity index (χ4v) is 1.70. The average molecular weight is 206 g/mol. The molecule has 0 saturated heterocycles. The standard InChI is InChI=1S/C11H11FN2O/c12-10-6-14-4-3-9(10)11(15)7-1-2-8(13)5-7/h1-4,6-8H,5,13H2. The molecule has 1 aliphatic rings. The van der Waals surface area contributed by atoms with Crippen LogP contribution in [0.15, 0.2) is 30.6 Å². The van der Waals surface area contributed by atoms with E-state index < -0.39 is 5.82 Å². The molecular formula is C11H11FN2O. The lowest BCUT2D eigenvalue weighted by Crippen LogP contribution is -2.19. The van der Waals surface area contributed by atoms with Gasteiger partial charge >= 0.3 is 0 Å². The highest BCUT2D eigenvalue weighted by molar-refractivity contribution is 5.99. The summed E-state index contributed by atoms with van der Waals surface area (Å²) in [5.74, 6) is -1.09. The molecule has 0 saturated carbocycles. The fraction of sp³-hybridized carbons (Fsp3) is 0.273. The van der Waals surface area contributed by atoms with Gasteiger partial charge in [0.25, 0.3) is 0 Å². The van der Waals surface area contributed by atoms with Gasteiger partial charge in [-0.2, -0.15) is 0 Å². The Hall–Kier alpha value is -1.55. The molecule has 1 aromatic heterocycles. The molecule has 0 amide bonds. The minimum atomic E-state index is -0.573. The van der Waals surface area contributed by atoms with Gasteiger partial charge in [0.2, 0.25) is 0 Å². The summed E-state index contributed by atoms with van der Waals surface area (Å²) in [6.45, 7) is 0. The van der Waals surface area contributed by atoms with Crippen LogP contribution in [0, 0.1) is 11.7 Å². The van der Waals surface area contributed by atoms with Crippen molar-refractivity contribution in [2.75, 3.05) is 0 Å². The van der Waals surface area contributed by atoms with Gasteiger partial charge in [-0.25, -0.2) is 4.39 Å². The van der Waals surface area contributed by atoms with Gasteiger partial charge in [0, 0.05) is 18.2 Å². The summed E-state index contributed by atoms with van der Waals surface area (Å²) in [6.07, 6.45) is 6.54. The van der Waals surface area contributed by atoms with E-state index in [0.717, 1.165) is 6.20 Å². The molecule has 1 heterocycles. The normalized spacial score (nSPS) is 24.4. The van der Waals surface area contributed by atoms with Gasteiger partial charge in [0.1, 0.15) is 0 Å². The third-order valence-electron chi connectivity index (χ3n) is 2.49. The number of halogens is 1. The van der Waals surface area contributed by atoms with Crippen molar-refractivity contribution in [1.29, 1.82) is 0 Å². The number of hydrogen-bond donors (Lipinski definition) is 1. The summed E-state index contributed by atoms with van der Waals surface area (Å²) in [5.41, 5.74) is 5.73. The van der Waals surface area contributed by atoms with E-state index in [4.69, 9.17) is 5.73 Å². The first kappa shape index (κ1) is 9.98. The Balaban J connectivity index is 2.22. The molecule has 1 aromatic rings. The molecule has 0 aromatic carbocycles. The number of allylic oxidation sites excluding steroid dienone is 1. The van der Waals surface area contributed by atoms with Gasteiger partial charge in [-0.3, -0.25) is 9.78 Å². The van der Waals surface area contributed by atoms with Crippen LogP contribution in [0.1, 0.15) is 16.8 Å². The quantitative estimate of drug-likeness (QED) is 0.586. The minimum absolute atomic E-state index is 0.0914. The van der Waals surface area contributed by atoms with Crippen molar-refractivity contribution in [3.05, 3.63) is 42.0 Å². The Labute approximate surface area is 86.8 Å².